The summed E-state index contributed by atoms with van der Waals surface area (Å²) in [6, 6.07) is 0.685. The molecule has 0 spiro atoms. The zero-order valence-corrected chi connectivity index (χ0v) is 11.7. The molecule has 1 unspecified atom stereocenters. The van der Waals surface area contributed by atoms with E-state index in [-0.39, 0.29) is 0 Å². The average molecular weight is 226 g/mol. The number of hydrogen-bond acceptors (Lipinski definition) is 2. The highest BCUT2D eigenvalue weighted by Gasteiger charge is 2.32. The summed E-state index contributed by atoms with van der Waals surface area (Å²) < 4.78 is 0. The molecule has 0 amide bonds. The summed E-state index contributed by atoms with van der Waals surface area (Å²) in [6.45, 7) is 14.3. The van der Waals surface area contributed by atoms with Gasteiger partial charge in [0.2, 0.25) is 0 Å². The molecule has 1 rings (SSSR count). The molecule has 1 heterocycles. The first kappa shape index (κ1) is 14.0. The van der Waals surface area contributed by atoms with Crippen molar-refractivity contribution in [2.45, 2.75) is 59.4 Å². The molecule has 0 radical (unpaired) electrons. The first-order valence-electron chi connectivity index (χ1n) is 7.08. The predicted octanol–water partition coefficient (Wildman–Crippen LogP) is 2.89. The SMILES string of the molecule is CCCN(CC1(CC)CCCNC1)C(C)C. The van der Waals surface area contributed by atoms with Gasteiger partial charge < -0.3 is 10.2 Å². The lowest BCUT2D eigenvalue weighted by Crippen LogP contribution is -2.49. The van der Waals surface area contributed by atoms with E-state index in [0.717, 1.165) is 0 Å². The van der Waals surface area contributed by atoms with Crippen LogP contribution in [0.15, 0.2) is 0 Å². The van der Waals surface area contributed by atoms with Gasteiger partial charge in [-0.15, -0.1) is 0 Å². The van der Waals surface area contributed by atoms with Gasteiger partial charge in [-0.3, -0.25) is 0 Å². The number of rotatable bonds is 6. The molecular formula is C14H30N2. The third-order valence-electron chi connectivity index (χ3n) is 4.09. The van der Waals surface area contributed by atoms with Crippen molar-refractivity contribution in [3.63, 3.8) is 0 Å². The van der Waals surface area contributed by atoms with Crippen LogP contribution in [0.5, 0.6) is 0 Å². The van der Waals surface area contributed by atoms with E-state index in [0.29, 0.717) is 11.5 Å². The van der Waals surface area contributed by atoms with Crippen molar-refractivity contribution in [2.24, 2.45) is 5.41 Å². The molecule has 2 heteroatoms. The number of nitrogens with one attached hydrogen (secondary N) is 1. The number of piperidine rings is 1. The van der Waals surface area contributed by atoms with Crippen LogP contribution in [0.3, 0.4) is 0 Å². The molecule has 16 heavy (non-hydrogen) atoms. The fraction of sp³-hybridized carbons (Fsp3) is 1.00. The summed E-state index contributed by atoms with van der Waals surface area (Å²) in [4.78, 5) is 2.66. The summed E-state index contributed by atoms with van der Waals surface area (Å²) in [5.41, 5.74) is 0.539. The Morgan fingerprint density at radius 2 is 2.06 bits per heavy atom. The monoisotopic (exact) mass is 226 g/mol. The van der Waals surface area contributed by atoms with Gasteiger partial charge in [-0.1, -0.05) is 13.8 Å². The van der Waals surface area contributed by atoms with Crippen molar-refractivity contribution < 1.29 is 0 Å². The second-order valence-electron chi connectivity index (χ2n) is 5.70. The highest BCUT2D eigenvalue weighted by atomic mass is 15.2. The van der Waals surface area contributed by atoms with E-state index in [1.54, 1.807) is 0 Å². The topological polar surface area (TPSA) is 15.3 Å². The third kappa shape index (κ3) is 3.74. The van der Waals surface area contributed by atoms with Crippen molar-refractivity contribution >= 4 is 0 Å². The Balaban J connectivity index is 2.57. The molecule has 0 aromatic heterocycles. The maximum Gasteiger partial charge on any atom is 0.00527 e. The largest absolute Gasteiger partial charge is 0.316 e. The molecule has 0 aliphatic carbocycles. The molecule has 1 saturated heterocycles. The molecule has 2 nitrogen and oxygen atoms in total. The van der Waals surface area contributed by atoms with Crippen molar-refractivity contribution in [1.29, 1.82) is 0 Å². The van der Waals surface area contributed by atoms with Crippen LogP contribution in [0, 0.1) is 5.41 Å². The quantitative estimate of drug-likeness (QED) is 0.749. The van der Waals surface area contributed by atoms with Gasteiger partial charge in [0.1, 0.15) is 0 Å². The molecule has 1 atom stereocenters. The highest BCUT2D eigenvalue weighted by Crippen LogP contribution is 2.31. The fourth-order valence-corrected chi connectivity index (χ4v) is 2.82. The Morgan fingerprint density at radius 1 is 1.31 bits per heavy atom. The van der Waals surface area contributed by atoms with Crippen LogP contribution in [0.2, 0.25) is 0 Å². The Kier molecular flexibility index (Phi) is 5.77. The fourth-order valence-electron chi connectivity index (χ4n) is 2.82. The average Bonchev–Trinajstić information content (AvgIpc) is 2.29. The van der Waals surface area contributed by atoms with E-state index in [4.69, 9.17) is 0 Å². The van der Waals surface area contributed by atoms with Gasteiger partial charge in [-0.2, -0.15) is 0 Å². The molecule has 0 bridgehead atoms. The van der Waals surface area contributed by atoms with E-state index < -0.39 is 0 Å². The van der Waals surface area contributed by atoms with E-state index in [2.05, 4.69) is 37.9 Å². The molecule has 96 valence electrons. The summed E-state index contributed by atoms with van der Waals surface area (Å²) in [7, 11) is 0. The molecule has 1 aliphatic heterocycles. The van der Waals surface area contributed by atoms with Gasteiger partial charge in [0.25, 0.3) is 0 Å². The van der Waals surface area contributed by atoms with Crippen LogP contribution in [-0.4, -0.2) is 37.1 Å². The van der Waals surface area contributed by atoms with Crippen LogP contribution in [0.25, 0.3) is 0 Å². The Labute approximate surface area is 102 Å². The molecule has 0 saturated carbocycles. The molecule has 1 fully saturated rings. The first-order chi connectivity index (χ1) is 7.63. The second kappa shape index (κ2) is 6.61. The standard InChI is InChI=1S/C14H30N2/c1-5-10-16(13(3)4)12-14(6-2)8-7-9-15-11-14/h13,15H,5-12H2,1-4H3. The lowest BCUT2D eigenvalue weighted by molar-refractivity contribution is 0.0914. The molecule has 0 aromatic carbocycles. The van der Waals surface area contributed by atoms with Gasteiger partial charge in [0, 0.05) is 19.1 Å². The maximum absolute atomic E-state index is 3.59. The summed E-state index contributed by atoms with van der Waals surface area (Å²) in [5.74, 6) is 0. The molecule has 0 aromatic rings. The lowest BCUT2D eigenvalue weighted by Gasteiger charge is -2.42. The van der Waals surface area contributed by atoms with E-state index in [9.17, 15) is 0 Å². The van der Waals surface area contributed by atoms with E-state index in [1.165, 1.54) is 51.9 Å². The highest BCUT2D eigenvalue weighted by molar-refractivity contribution is 4.87. The minimum absolute atomic E-state index is 0.539. The Hall–Kier alpha value is -0.0800. The number of nitrogens with zero attached hydrogens (tertiary/aromatic N) is 1. The van der Waals surface area contributed by atoms with Gasteiger partial charge in [0.05, 0.1) is 0 Å². The second-order valence-corrected chi connectivity index (χ2v) is 5.70. The van der Waals surface area contributed by atoms with Crippen molar-refractivity contribution in [2.75, 3.05) is 26.2 Å². The first-order valence-corrected chi connectivity index (χ1v) is 7.08. The van der Waals surface area contributed by atoms with Gasteiger partial charge in [-0.25, -0.2) is 0 Å². The van der Waals surface area contributed by atoms with Crippen LogP contribution in [-0.2, 0) is 0 Å². The smallest absolute Gasteiger partial charge is 0.00527 e. The van der Waals surface area contributed by atoms with E-state index in [1.807, 2.05) is 0 Å². The molecule has 1 N–H and O–H groups in total. The minimum Gasteiger partial charge on any atom is -0.316 e. The zero-order chi connectivity index (χ0) is 12.0. The van der Waals surface area contributed by atoms with Gasteiger partial charge in [-0.05, 0) is 58.0 Å². The summed E-state index contributed by atoms with van der Waals surface area (Å²) in [5, 5.41) is 3.59. The van der Waals surface area contributed by atoms with Crippen molar-refractivity contribution in [3.05, 3.63) is 0 Å². The summed E-state index contributed by atoms with van der Waals surface area (Å²) >= 11 is 0. The van der Waals surface area contributed by atoms with Crippen LogP contribution in [0.1, 0.15) is 53.4 Å². The Morgan fingerprint density at radius 3 is 2.50 bits per heavy atom. The van der Waals surface area contributed by atoms with Crippen molar-refractivity contribution in [1.82, 2.24) is 10.2 Å². The van der Waals surface area contributed by atoms with Crippen LogP contribution < -0.4 is 5.32 Å². The predicted molar refractivity (Wildman–Crippen MR) is 71.8 cm³/mol. The third-order valence-corrected chi connectivity index (χ3v) is 4.09. The lowest BCUT2D eigenvalue weighted by atomic mass is 9.77. The van der Waals surface area contributed by atoms with E-state index >= 15 is 0 Å². The summed E-state index contributed by atoms with van der Waals surface area (Å²) in [6.07, 6.45) is 5.34. The Bertz CT molecular complexity index is 183. The van der Waals surface area contributed by atoms with Gasteiger partial charge in [0.15, 0.2) is 0 Å². The van der Waals surface area contributed by atoms with Crippen molar-refractivity contribution in [3.8, 4) is 0 Å². The molecular weight excluding hydrogens is 196 g/mol. The zero-order valence-electron chi connectivity index (χ0n) is 11.7. The maximum atomic E-state index is 3.59. The molecule has 1 aliphatic rings. The van der Waals surface area contributed by atoms with Crippen LogP contribution in [0.4, 0.5) is 0 Å². The number of hydrogen-bond donors (Lipinski definition) is 1. The van der Waals surface area contributed by atoms with Gasteiger partial charge >= 0.3 is 0 Å². The normalized spacial score (nSPS) is 26.6. The van der Waals surface area contributed by atoms with Crippen LogP contribution >= 0.6 is 0 Å². The minimum atomic E-state index is 0.539.